The van der Waals surface area contributed by atoms with E-state index in [-0.39, 0.29) is 24.3 Å². The van der Waals surface area contributed by atoms with E-state index in [2.05, 4.69) is 15.0 Å². The summed E-state index contributed by atoms with van der Waals surface area (Å²) in [6, 6.07) is 0. The number of esters is 1. The van der Waals surface area contributed by atoms with Crippen LogP contribution in [0.15, 0.2) is 36.6 Å². The van der Waals surface area contributed by atoms with Crippen LogP contribution in [0.3, 0.4) is 0 Å². The van der Waals surface area contributed by atoms with Crippen LogP contribution in [0.2, 0.25) is 0 Å². The Bertz CT molecular complexity index is 586. The predicted molar refractivity (Wildman–Crippen MR) is 77.6 cm³/mol. The maximum absolute atomic E-state index is 12.5. The van der Waals surface area contributed by atoms with Crippen molar-refractivity contribution in [2.45, 2.75) is 38.4 Å². The minimum atomic E-state index is -1.54. The Labute approximate surface area is 128 Å². The molecule has 0 saturated heterocycles. The molecule has 0 amide bonds. The standard InChI is InChI=1S/C15H19N3O4/c1-4-21-14(20)15(13-17-8-16-9-18-13)7-5-6-11(12(15)19)22-10(2)3/h5-10,12,19H,4H2,1-3H3. The highest BCUT2D eigenvalue weighted by Gasteiger charge is 2.52. The number of aromatic nitrogens is 3. The van der Waals surface area contributed by atoms with E-state index in [1.165, 1.54) is 18.7 Å². The summed E-state index contributed by atoms with van der Waals surface area (Å²) in [6.45, 7) is 5.54. The number of ether oxygens (including phenoxy) is 2. The SMILES string of the molecule is CCOC(=O)C1(c2ncncn2)C=CC=C(OC(C)C)C1O. The molecule has 1 heterocycles. The van der Waals surface area contributed by atoms with Crippen molar-refractivity contribution in [1.29, 1.82) is 0 Å². The third-order valence-electron chi connectivity index (χ3n) is 3.17. The minimum Gasteiger partial charge on any atom is -0.493 e. The topological polar surface area (TPSA) is 94.4 Å². The largest absolute Gasteiger partial charge is 0.493 e. The molecule has 0 radical (unpaired) electrons. The second-order valence-electron chi connectivity index (χ2n) is 5.05. The molecule has 0 spiro atoms. The number of allylic oxidation sites excluding steroid dienone is 2. The summed E-state index contributed by atoms with van der Waals surface area (Å²) in [5, 5.41) is 10.7. The lowest BCUT2D eigenvalue weighted by molar-refractivity contribution is -0.153. The lowest BCUT2D eigenvalue weighted by Gasteiger charge is -2.34. The van der Waals surface area contributed by atoms with Gasteiger partial charge in [0.2, 0.25) is 0 Å². The van der Waals surface area contributed by atoms with E-state index in [0.29, 0.717) is 0 Å². The molecule has 0 bridgehead atoms. The summed E-state index contributed by atoms with van der Waals surface area (Å²) < 4.78 is 10.7. The van der Waals surface area contributed by atoms with Crippen molar-refractivity contribution in [2.75, 3.05) is 6.61 Å². The van der Waals surface area contributed by atoms with Gasteiger partial charge in [-0.05, 0) is 26.8 Å². The first kappa shape index (κ1) is 16.1. The van der Waals surface area contributed by atoms with Crippen LogP contribution in [0.25, 0.3) is 0 Å². The quantitative estimate of drug-likeness (QED) is 0.808. The third kappa shape index (κ3) is 2.85. The number of carbonyl (C=O) groups excluding carboxylic acids is 1. The Balaban J connectivity index is 2.49. The second kappa shape index (κ2) is 6.65. The van der Waals surface area contributed by atoms with Gasteiger partial charge in [0.15, 0.2) is 11.2 Å². The summed E-state index contributed by atoms with van der Waals surface area (Å²) in [6.07, 6.45) is 5.88. The highest BCUT2D eigenvalue weighted by Crippen LogP contribution is 2.36. The van der Waals surface area contributed by atoms with Gasteiger partial charge < -0.3 is 14.6 Å². The van der Waals surface area contributed by atoms with Crippen LogP contribution in [-0.2, 0) is 19.7 Å². The number of hydrogen-bond acceptors (Lipinski definition) is 7. The number of carbonyl (C=O) groups is 1. The molecule has 7 heteroatoms. The minimum absolute atomic E-state index is 0.114. The molecule has 1 aliphatic rings. The fourth-order valence-electron chi connectivity index (χ4n) is 2.25. The number of rotatable bonds is 5. The van der Waals surface area contributed by atoms with Crippen molar-refractivity contribution in [2.24, 2.45) is 0 Å². The van der Waals surface area contributed by atoms with Crippen molar-refractivity contribution < 1.29 is 19.4 Å². The highest BCUT2D eigenvalue weighted by molar-refractivity contribution is 5.86. The van der Waals surface area contributed by atoms with E-state index in [1.807, 2.05) is 13.8 Å². The summed E-state index contributed by atoms with van der Waals surface area (Å²) >= 11 is 0. The average molecular weight is 305 g/mol. The Kier molecular flexibility index (Phi) is 4.87. The number of hydrogen-bond donors (Lipinski definition) is 1. The van der Waals surface area contributed by atoms with Gasteiger partial charge in [0.05, 0.1) is 12.7 Å². The fourth-order valence-corrected chi connectivity index (χ4v) is 2.25. The van der Waals surface area contributed by atoms with Gasteiger partial charge in [-0.2, -0.15) is 0 Å². The van der Waals surface area contributed by atoms with Crippen LogP contribution >= 0.6 is 0 Å². The van der Waals surface area contributed by atoms with Gasteiger partial charge in [-0.15, -0.1) is 0 Å². The van der Waals surface area contributed by atoms with Crippen LogP contribution in [-0.4, -0.2) is 44.8 Å². The molecule has 118 valence electrons. The van der Waals surface area contributed by atoms with Crippen molar-refractivity contribution >= 4 is 5.97 Å². The van der Waals surface area contributed by atoms with E-state index < -0.39 is 17.5 Å². The second-order valence-corrected chi connectivity index (χ2v) is 5.05. The van der Waals surface area contributed by atoms with E-state index in [0.717, 1.165) is 0 Å². The van der Waals surface area contributed by atoms with Crippen molar-refractivity contribution in [3.8, 4) is 0 Å². The first-order valence-corrected chi connectivity index (χ1v) is 7.06. The first-order chi connectivity index (χ1) is 10.5. The molecule has 1 N–H and O–H groups in total. The number of aliphatic hydroxyl groups is 1. The van der Waals surface area contributed by atoms with Gasteiger partial charge in [0, 0.05) is 0 Å². The van der Waals surface area contributed by atoms with E-state index in [1.54, 1.807) is 19.1 Å². The Hall–Kier alpha value is -2.28. The zero-order chi connectivity index (χ0) is 16.2. The molecule has 2 atom stereocenters. The van der Waals surface area contributed by atoms with Crippen LogP contribution in [0, 0.1) is 0 Å². The number of aliphatic hydroxyl groups excluding tert-OH is 1. The molecule has 0 aliphatic heterocycles. The normalized spacial score (nSPS) is 24.0. The van der Waals surface area contributed by atoms with Crippen LogP contribution in [0.4, 0.5) is 0 Å². The Morgan fingerprint density at radius 3 is 2.68 bits per heavy atom. The zero-order valence-corrected chi connectivity index (χ0v) is 12.8. The van der Waals surface area contributed by atoms with Crippen molar-refractivity contribution in [3.63, 3.8) is 0 Å². The maximum Gasteiger partial charge on any atom is 0.326 e. The lowest BCUT2D eigenvalue weighted by atomic mass is 9.77. The molecule has 2 rings (SSSR count). The van der Waals surface area contributed by atoms with Gasteiger partial charge in [-0.3, -0.25) is 4.79 Å². The fraction of sp³-hybridized carbons (Fsp3) is 0.467. The van der Waals surface area contributed by atoms with Crippen LogP contribution in [0.1, 0.15) is 26.6 Å². The zero-order valence-electron chi connectivity index (χ0n) is 12.8. The van der Waals surface area contributed by atoms with Crippen LogP contribution in [0.5, 0.6) is 0 Å². The molecular weight excluding hydrogens is 286 g/mol. The molecular formula is C15H19N3O4. The summed E-state index contributed by atoms with van der Waals surface area (Å²) in [5.74, 6) is -0.253. The molecule has 0 aromatic carbocycles. The summed E-state index contributed by atoms with van der Waals surface area (Å²) in [4.78, 5) is 24.3. The Morgan fingerprint density at radius 1 is 1.41 bits per heavy atom. The summed E-state index contributed by atoms with van der Waals surface area (Å²) in [7, 11) is 0. The molecule has 7 nitrogen and oxygen atoms in total. The van der Waals surface area contributed by atoms with Gasteiger partial charge in [0.25, 0.3) is 0 Å². The monoisotopic (exact) mass is 305 g/mol. The van der Waals surface area contributed by atoms with Crippen molar-refractivity contribution in [3.05, 3.63) is 42.5 Å². The maximum atomic E-state index is 12.5. The molecule has 1 aliphatic carbocycles. The van der Waals surface area contributed by atoms with E-state index >= 15 is 0 Å². The molecule has 0 saturated carbocycles. The molecule has 2 unspecified atom stereocenters. The molecule has 1 aromatic rings. The number of nitrogens with zero attached hydrogens (tertiary/aromatic N) is 3. The third-order valence-corrected chi connectivity index (χ3v) is 3.17. The van der Waals surface area contributed by atoms with Gasteiger partial charge in [0.1, 0.15) is 24.5 Å². The van der Waals surface area contributed by atoms with Gasteiger partial charge in [-0.1, -0.05) is 12.2 Å². The van der Waals surface area contributed by atoms with Gasteiger partial charge >= 0.3 is 5.97 Å². The molecule has 22 heavy (non-hydrogen) atoms. The van der Waals surface area contributed by atoms with Crippen molar-refractivity contribution in [1.82, 2.24) is 15.0 Å². The highest BCUT2D eigenvalue weighted by atomic mass is 16.5. The van der Waals surface area contributed by atoms with E-state index in [4.69, 9.17) is 9.47 Å². The lowest BCUT2D eigenvalue weighted by Crippen LogP contribution is -2.50. The molecule has 1 aromatic heterocycles. The van der Waals surface area contributed by atoms with E-state index in [9.17, 15) is 9.90 Å². The van der Waals surface area contributed by atoms with Gasteiger partial charge in [-0.25, -0.2) is 15.0 Å². The average Bonchev–Trinajstić information content (AvgIpc) is 2.50. The molecule has 0 fully saturated rings. The Morgan fingerprint density at radius 2 is 2.09 bits per heavy atom. The van der Waals surface area contributed by atoms with Crippen LogP contribution < -0.4 is 0 Å². The first-order valence-electron chi connectivity index (χ1n) is 7.06. The summed E-state index contributed by atoms with van der Waals surface area (Å²) in [5.41, 5.74) is -1.54. The predicted octanol–water partition coefficient (Wildman–Crippen LogP) is 0.912. The smallest absolute Gasteiger partial charge is 0.326 e.